The molecule has 0 saturated heterocycles. The fourth-order valence-corrected chi connectivity index (χ4v) is 3.80. The second-order valence-electron chi connectivity index (χ2n) is 4.50. The van der Waals surface area contributed by atoms with Crippen molar-refractivity contribution in [3.05, 3.63) is 50.9 Å². The van der Waals surface area contributed by atoms with Gasteiger partial charge in [-0.15, -0.1) is 11.3 Å². The van der Waals surface area contributed by atoms with Gasteiger partial charge in [0.05, 0.1) is 0 Å². The fraction of sp³-hybridized carbons (Fsp3) is 0.400. The number of thiophene rings is 1. The Bertz CT molecular complexity index is 484. The van der Waals surface area contributed by atoms with Gasteiger partial charge in [0.1, 0.15) is 0 Å². The minimum Gasteiger partial charge on any atom is -0.309 e. The molecule has 0 amide bonds. The third kappa shape index (κ3) is 4.41. The molecule has 0 aliphatic rings. The molecule has 4 heteroatoms. The largest absolute Gasteiger partial charge is 0.309 e. The lowest BCUT2D eigenvalue weighted by atomic mass is 10.1. The summed E-state index contributed by atoms with van der Waals surface area (Å²) in [5, 5.41) is 5.78. The van der Waals surface area contributed by atoms with Crippen molar-refractivity contribution in [3.8, 4) is 0 Å². The third-order valence-electron chi connectivity index (χ3n) is 3.02. The molecule has 0 aliphatic heterocycles. The molecule has 2 heterocycles. The first-order valence-electron chi connectivity index (χ1n) is 6.67. The average Bonchev–Trinajstić information content (AvgIpc) is 2.86. The highest BCUT2D eigenvalue weighted by Gasteiger charge is 2.15. The molecule has 0 radical (unpaired) electrons. The van der Waals surface area contributed by atoms with Crippen molar-refractivity contribution in [3.63, 3.8) is 0 Å². The minimum absolute atomic E-state index is 0.413. The predicted molar refractivity (Wildman–Crippen MR) is 85.6 cm³/mol. The van der Waals surface area contributed by atoms with Crippen molar-refractivity contribution in [1.29, 1.82) is 0 Å². The number of hydrogen-bond acceptors (Lipinski definition) is 3. The first-order valence-corrected chi connectivity index (χ1v) is 8.34. The SMILES string of the molecule is CCCNC(CCc1ccccn1)c1sccc1Br. The molecule has 1 atom stereocenters. The zero-order valence-electron chi connectivity index (χ0n) is 11.1. The lowest BCUT2D eigenvalue weighted by Crippen LogP contribution is -2.22. The van der Waals surface area contributed by atoms with E-state index < -0.39 is 0 Å². The van der Waals surface area contributed by atoms with Gasteiger partial charge in [0.2, 0.25) is 0 Å². The van der Waals surface area contributed by atoms with E-state index in [0.717, 1.165) is 25.8 Å². The van der Waals surface area contributed by atoms with E-state index in [1.54, 1.807) is 0 Å². The van der Waals surface area contributed by atoms with Crippen molar-refractivity contribution in [2.24, 2.45) is 0 Å². The molecule has 1 unspecified atom stereocenters. The fourth-order valence-electron chi connectivity index (χ4n) is 2.04. The van der Waals surface area contributed by atoms with Crippen LogP contribution in [0.3, 0.4) is 0 Å². The summed E-state index contributed by atoms with van der Waals surface area (Å²) >= 11 is 5.45. The van der Waals surface area contributed by atoms with E-state index in [4.69, 9.17) is 0 Å². The summed E-state index contributed by atoms with van der Waals surface area (Å²) in [6.45, 7) is 3.25. The Kier molecular flexibility index (Phi) is 6.01. The summed E-state index contributed by atoms with van der Waals surface area (Å²) in [6.07, 6.45) is 5.11. The van der Waals surface area contributed by atoms with Gasteiger partial charge in [-0.05, 0) is 65.3 Å². The van der Waals surface area contributed by atoms with Gasteiger partial charge in [-0.2, -0.15) is 0 Å². The van der Waals surface area contributed by atoms with Crippen LogP contribution in [0.1, 0.15) is 36.4 Å². The van der Waals surface area contributed by atoms with Crippen molar-refractivity contribution >= 4 is 27.3 Å². The number of nitrogens with one attached hydrogen (secondary N) is 1. The maximum Gasteiger partial charge on any atom is 0.0429 e. The lowest BCUT2D eigenvalue weighted by molar-refractivity contribution is 0.502. The molecular weight excluding hydrogens is 320 g/mol. The zero-order valence-corrected chi connectivity index (χ0v) is 13.5. The van der Waals surface area contributed by atoms with E-state index in [1.165, 1.54) is 15.0 Å². The van der Waals surface area contributed by atoms with Gasteiger partial charge < -0.3 is 5.32 Å². The molecule has 0 fully saturated rings. The molecule has 1 N–H and O–H groups in total. The molecule has 0 bridgehead atoms. The first kappa shape index (κ1) is 14.7. The highest BCUT2D eigenvalue weighted by Crippen LogP contribution is 2.31. The molecule has 102 valence electrons. The summed E-state index contributed by atoms with van der Waals surface area (Å²) in [5.74, 6) is 0. The number of pyridine rings is 1. The molecule has 19 heavy (non-hydrogen) atoms. The van der Waals surface area contributed by atoms with Crippen molar-refractivity contribution in [2.75, 3.05) is 6.54 Å². The molecule has 0 saturated carbocycles. The number of rotatable bonds is 7. The zero-order chi connectivity index (χ0) is 13.5. The smallest absolute Gasteiger partial charge is 0.0429 e. The van der Waals surface area contributed by atoms with Crippen LogP contribution in [0, 0.1) is 0 Å². The Balaban J connectivity index is 2.00. The standard InChI is InChI=1S/C15H19BrN2S/c1-2-9-18-14(15-13(16)8-11-19-15)7-6-12-5-3-4-10-17-12/h3-5,8,10-11,14,18H,2,6-7,9H2,1H3. The van der Waals surface area contributed by atoms with Crippen LogP contribution >= 0.6 is 27.3 Å². The van der Waals surface area contributed by atoms with E-state index in [1.807, 2.05) is 23.6 Å². The van der Waals surface area contributed by atoms with Crippen LogP contribution in [0.15, 0.2) is 40.3 Å². The van der Waals surface area contributed by atoms with Crippen LogP contribution in [-0.4, -0.2) is 11.5 Å². The van der Waals surface area contributed by atoms with Crippen LogP contribution in [0.4, 0.5) is 0 Å². The molecular formula is C15H19BrN2S. The van der Waals surface area contributed by atoms with E-state index in [9.17, 15) is 0 Å². The van der Waals surface area contributed by atoms with Crippen LogP contribution < -0.4 is 5.32 Å². The van der Waals surface area contributed by atoms with E-state index in [0.29, 0.717) is 6.04 Å². The monoisotopic (exact) mass is 338 g/mol. The maximum atomic E-state index is 4.40. The van der Waals surface area contributed by atoms with Gasteiger partial charge in [-0.1, -0.05) is 13.0 Å². The van der Waals surface area contributed by atoms with Crippen LogP contribution in [0.5, 0.6) is 0 Å². The third-order valence-corrected chi connectivity index (χ3v) is 5.00. The highest BCUT2D eigenvalue weighted by molar-refractivity contribution is 9.10. The number of aromatic nitrogens is 1. The number of aryl methyl sites for hydroxylation is 1. The second kappa shape index (κ2) is 7.78. The van der Waals surface area contributed by atoms with Gasteiger partial charge in [-0.3, -0.25) is 4.98 Å². The summed E-state index contributed by atoms with van der Waals surface area (Å²) in [6, 6.07) is 8.66. The first-order chi connectivity index (χ1) is 9.31. The van der Waals surface area contributed by atoms with Crippen LogP contribution in [0.2, 0.25) is 0 Å². The van der Waals surface area contributed by atoms with Crippen molar-refractivity contribution in [1.82, 2.24) is 10.3 Å². The molecule has 0 aliphatic carbocycles. The number of hydrogen-bond donors (Lipinski definition) is 1. The summed E-state index contributed by atoms with van der Waals surface area (Å²) in [4.78, 5) is 5.79. The topological polar surface area (TPSA) is 24.9 Å². The van der Waals surface area contributed by atoms with Gasteiger partial charge in [0.25, 0.3) is 0 Å². The second-order valence-corrected chi connectivity index (χ2v) is 6.30. The maximum absolute atomic E-state index is 4.40. The number of nitrogens with zero attached hydrogens (tertiary/aromatic N) is 1. The normalized spacial score (nSPS) is 12.5. The highest BCUT2D eigenvalue weighted by atomic mass is 79.9. The Morgan fingerprint density at radius 3 is 2.89 bits per heavy atom. The van der Waals surface area contributed by atoms with E-state index in [2.05, 4.69) is 56.7 Å². The van der Waals surface area contributed by atoms with E-state index in [-0.39, 0.29) is 0 Å². The Labute approximate surface area is 127 Å². The van der Waals surface area contributed by atoms with Crippen molar-refractivity contribution in [2.45, 2.75) is 32.2 Å². The molecule has 2 aromatic heterocycles. The Hall–Kier alpha value is -0.710. The molecule has 2 nitrogen and oxygen atoms in total. The average molecular weight is 339 g/mol. The van der Waals surface area contributed by atoms with Gasteiger partial charge in [0.15, 0.2) is 0 Å². The molecule has 0 spiro atoms. The van der Waals surface area contributed by atoms with Crippen LogP contribution in [0.25, 0.3) is 0 Å². The summed E-state index contributed by atoms with van der Waals surface area (Å²) in [7, 11) is 0. The van der Waals surface area contributed by atoms with Gasteiger partial charge in [-0.25, -0.2) is 0 Å². The van der Waals surface area contributed by atoms with Gasteiger partial charge in [0, 0.05) is 27.3 Å². The minimum atomic E-state index is 0.413. The Morgan fingerprint density at radius 1 is 1.37 bits per heavy atom. The van der Waals surface area contributed by atoms with Crippen molar-refractivity contribution < 1.29 is 0 Å². The van der Waals surface area contributed by atoms with Crippen LogP contribution in [-0.2, 0) is 6.42 Å². The molecule has 2 aromatic rings. The summed E-state index contributed by atoms with van der Waals surface area (Å²) in [5.41, 5.74) is 1.17. The van der Waals surface area contributed by atoms with Gasteiger partial charge >= 0.3 is 0 Å². The number of halogens is 1. The molecule has 0 aromatic carbocycles. The molecule has 2 rings (SSSR count). The quantitative estimate of drug-likeness (QED) is 0.799. The lowest BCUT2D eigenvalue weighted by Gasteiger charge is -2.17. The van der Waals surface area contributed by atoms with E-state index >= 15 is 0 Å². The summed E-state index contributed by atoms with van der Waals surface area (Å²) < 4.78 is 1.21. The predicted octanol–water partition coefficient (Wildman–Crippen LogP) is 4.58. The Morgan fingerprint density at radius 2 is 2.26 bits per heavy atom.